The second kappa shape index (κ2) is 18.5. The van der Waals surface area contributed by atoms with Gasteiger partial charge in [0.15, 0.2) is 0 Å². The molecule has 1 aromatic rings. The number of aliphatic carboxylic acids is 1. The van der Waals surface area contributed by atoms with Crippen LogP contribution in [0.3, 0.4) is 0 Å². The standard InChI is InChI=1S/C24H41FN2O2S/c1-2-3-4-5-6-7-8-9-10-11-12-13-14-15-18-30-20-22(24(28)29)27-23-19-21(25)16-17-26-23/h16-17,19,22H,2-15,18,20H2,1H3,(H,26,27)(H,28,29). The van der Waals surface area contributed by atoms with Crippen LogP contribution in [0.15, 0.2) is 18.3 Å². The highest BCUT2D eigenvalue weighted by Crippen LogP contribution is 2.15. The Labute approximate surface area is 186 Å². The van der Waals surface area contributed by atoms with E-state index in [0.29, 0.717) is 5.75 Å². The number of carboxylic acid groups (broad SMARTS) is 1. The number of rotatable bonds is 20. The summed E-state index contributed by atoms with van der Waals surface area (Å²) in [6, 6.07) is 1.70. The third kappa shape index (κ3) is 14.6. The van der Waals surface area contributed by atoms with Crippen LogP contribution in [0.2, 0.25) is 0 Å². The lowest BCUT2D eigenvalue weighted by atomic mass is 10.0. The topological polar surface area (TPSA) is 62.2 Å². The molecule has 0 saturated carbocycles. The summed E-state index contributed by atoms with van der Waals surface area (Å²) in [6.07, 6.45) is 20.1. The number of anilines is 1. The minimum absolute atomic E-state index is 0.263. The molecule has 2 N–H and O–H groups in total. The van der Waals surface area contributed by atoms with E-state index in [1.165, 1.54) is 102 Å². The summed E-state index contributed by atoms with van der Waals surface area (Å²) in [4.78, 5) is 15.3. The maximum atomic E-state index is 13.2. The molecule has 0 bridgehead atoms. The summed E-state index contributed by atoms with van der Waals surface area (Å²) in [7, 11) is 0. The molecule has 0 aliphatic heterocycles. The van der Waals surface area contributed by atoms with Crippen molar-refractivity contribution >= 4 is 23.5 Å². The van der Waals surface area contributed by atoms with Crippen molar-refractivity contribution in [2.75, 3.05) is 16.8 Å². The summed E-state index contributed by atoms with van der Waals surface area (Å²) in [5.41, 5.74) is 0. The van der Waals surface area contributed by atoms with E-state index in [1.54, 1.807) is 11.8 Å². The maximum Gasteiger partial charge on any atom is 0.327 e. The van der Waals surface area contributed by atoms with Crippen LogP contribution >= 0.6 is 11.8 Å². The minimum atomic E-state index is -0.936. The minimum Gasteiger partial charge on any atom is -0.480 e. The molecular weight excluding hydrogens is 399 g/mol. The number of hydrogen-bond donors (Lipinski definition) is 2. The number of nitrogens with zero attached hydrogens (tertiary/aromatic N) is 1. The van der Waals surface area contributed by atoms with Crippen molar-refractivity contribution in [1.82, 2.24) is 4.98 Å². The fourth-order valence-corrected chi connectivity index (χ4v) is 4.47. The van der Waals surface area contributed by atoms with E-state index in [2.05, 4.69) is 17.2 Å². The number of thioether (sulfide) groups is 1. The molecule has 1 unspecified atom stereocenters. The van der Waals surface area contributed by atoms with E-state index in [9.17, 15) is 14.3 Å². The second-order valence-electron chi connectivity index (χ2n) is 8.07. The fourth-order valence-electron chi connectivity index (χ4n) is 3.44. The van der Waals surface area contributed by atoms with Gasteiger partial charge in [-0.3, -0.25) is 0 Å². The average molecular weight is 441 g/mol. The molecule has 0 aromatic carbocycles. The van der Waals surface area contributed by atoms with Crippen LogP contribution in [0.25, 0.3) is 0 Å². The molecule has 0 spiro atoms. The summed E-state index contributed by atoms with van der Waals surface area (Å²) in [6.45, 7) is 2.26. The van der Waals surface area contributed by atoms with Crippen molar-refractivity contribution in [1.29, 1.82) is 0 Å². The Hall–Kier alpha value is -1.30. The predicted molar refractivity (Wildman–Crippen MR) is 127 cm³/mol. The third-order valence-corrected chi connectivity index (χ3v) is 6.42. The lowest BCUT2D eigenvalue weighted by molar-refractivity contribution is -0.137. The van der Waals surface area contributed by atoms with Crippen LogP contribution in [0.1, 0.15) is 96.8 Å². The van der Waals surface area contributed by atoms with Gasteiger partial charge in [0.1, 0.15) is 17.7 Å². The summed E-state index contributed by atoms with van der Waals surface area (Å²) in [5, 5.41) is 12.1. The van der Waals surface area contributed by atoms with E-state index < -0.39 is 17.8 Å². The molecule has 1 heterocycles. The van der Waals surface area contributed by atoms with Crippen molar-refractivity contribution in [2.45, 2.75) is 103 Å². The van der Waals surface area contributed by atoms with Crippen molar-refractivity contribution in [3.63, 3.8) is 0 Å². The highest BCUT2D eigenvalue weighted by Gasteiger charge is 2.17. The molecular formula is C24H41FN2O2S. The number of halogens is 1. The van der Waals surface area contributed by atoms with Gasteiger partial charge in [-0.2, -0.15) is 11.8 Å². The molecule has 0 saturated heterocycles. The maximum absolute atomic E-state index is 13.2. The van der Waals surface area contributed by atoms with Gasteiger partial charge in [0.2, 0.25) is 0 Å². The first-order valence-corrected chi connectivity index (χ1v) is 13.0. The van der Waals surface area contributed by atoms with Crippen LogP contribution in [-0.4, -0.2) is 33.6 Å². The zero-order valence-corrected chi connectivity index (χ0v) is 19.5. The Bertz CT molecular complexity index is 560. The van der Waals surface area contributed by atoms with E-state index in [1.807, 2.05) is 0 Å². The summed E-state index contributed by atoms with van der Waals surface area (Å²) in [5.74, 6) is 0.312. The van der Waals surface area contributed by atoms with Gasteiger partial charge in [-0.15, -0.1) is 0 Å². The number of unbranched alkanes of at least 4 members (excludes halogenated alkanes) is 13. The first kappa shape index (κ1) is 26.7. The van der Waals surface area contributed by atoms with Gasteiger partial charge in [-0.1, -0.05) is 90.4 Å². The van der Waals surface area contributed by atoms with Gasteiger partial charge in [-0.05, 0) is 18.2 Å². The van der Waals surface area contributed by atoms with Gasteiger partial charge in [0.05, 0.1) is 0 Å². The molecule has 0 aliphatic rings. The van der Waals surface area contributed by atoms with Gasteiger partial charge in [0, 0.05) is 18.0 Å². The van der Waals surface area contributed by atoms with Crippen molar-refractivity contribution in [3.05, 3.63) is 24.1 Å². The molecule has 0 radical (unpaired) electrons. The lowest BCUT2D eigenvalue weighted by Gasteiger charge is -2.14. The zero-order valence-electron chi connectivity index (χ0n) is 18.7. The van der Waals surface area contributed by atoms with Crippen molar-refractivity contribution in [3.8, 4) is 0 Å². The fraction of sp³-hybridized carbons (Fsp3) is 0.750. The molecule has 30 heavy (non-hydrogen) atoms. The third-order valence-electron chi connectivity index (χ3n) is 5.27. The molecule has 1 rings (SSSR count). The quantitative estimate of drug-likeness (QED) is 0.208. The van der Waals surface area contributed by atoms with E-state index in [4.69, 9.17) is 0 Å². The second-order valence-corrected chi connectivity index (χ2v) is 9.22. The van der Waals surface area contributed by atoms with Gasteiger partial charge >= 0.3 is 5.97 Å². The largest absolute Gasteiger partial charge is 0.480 e. The van der Waals surface area contributed by atoms with Gasteiger partial charge in [-0.25, -0.2) is 14.2 Å². The molecule has 6 heteroatoms. The lowest BCUT2D eigenvalue weighted by Crippen LogP contribution is -2.32. The Balaban J connectivity index is 1.92. The van der Waals surface area contributed by atoms with E-state index >= 15 is 0 Å². The average Bonchev–Trinajstić information content (AvgIpc) is 2.72. The van der Waals surface area contributed by atoms with Crippen molar-refractivity contribution in [2.24, 2.45) is 0 Å². The number of aromatic nitrogens is 1. The SMILES string of the molecule is CCCCCCCCCCCCCCCCSCC(Nc1cc(F)ccn1)C(=O)O. The Morgan fingerprint density at radius 1 is 1.00 bits per heavy atom. The van der Waals surface area contributed by atoms with Crippen LogP contribution in [-0.2, 0) is 4.79 Å². The molecule has 4 nitrogen and oxygen atoms in total. The summed E-state index contributed by atoms with van der Waals surface area (Å²) < 4.78 is 13.2. The van der Waals surface area contributed by atoms with E-state index in [-0.39, 0.29) is 5.82 Å². The first-order valence-electron chi connectivity index (χ1n) is 11.8. The zero-order chi connectivity index (χ0) is 21.9. The number of nitrogens with one attached hydrogen (secondary N) is 1. The predicted octanol–water partition coefficient (Wildman–Crippen LogP) is 7.30. The molecule has 0 fully saturated rings. The summed E-state index contributed by atoms with van der Waals surface area (Å²) >= 11 is 1.63. The van der Waals surface area contributed by atoms with Gasteiger partial charge in [0.25, 0.3) is 0 Å². The van der Waals surface area contributed by atoms with Crippen molar-refractivity contribution < 1.29 is 14.3 Å². The number of hydrogen-bond acceptors (Lipinski definition) is 4. The Morgan fingerprint density at radius 2 is 1.53 bits per heavy atom. The number of pyridine rings is 1. The monoisotopic (exact) mass is 440 g/mol. The normalized spacial score (nSPS) is 12.1. The number of carbonyl (C=O) groups is 1. The first-order chi connectivity index (χ1) is 14.6. The molecule has 0 amide bonds. The molecule has 1 aromatic heterocycles. The smallest absolute Gasteiger partial charge is 0.327 e. The number of carboxylic acids is 1. The molecule has 0 aliphatic carbocycles. The van der Waals surface area contributed by atoms with Gasteiger partial charge < -0.3 is 10.4 Å². The Morgan fingerprint density at radius 3 is 2.03 bits per heavy atom. The van der Waals surface area contributed by atoms with Crippen LogP contribution in [0.4, 0.5) is 10.2 Å². The van der Waals surface area contributed by atoms with Crippen LogP contribution in [0.5, 0.6) is 0 Å². The Kier molecular flexibility index (Phi) is 16.5. The highest BCUT2D eigenvalue weighted by atomic mass is 32.2. The van der Waals surface area contributed by atoms with Crippen LogP contribution in [0, 0.1) is 5.82 Å². The molecule has 1 atom stereocenters. The highest BCUT2D eigenvalue weighted by molar-refractivity contribution is 7.99. The van der Waals surface area contributed by atoms with E-state index in [0.717, 1.165) is 12.2 Å². The van der Waals surface area contributed by atoms with Crippen LogP contribution < -0.4 is 5.32 Å². The molecule has 172 valence electrons.